The molecule has 8 saturated carbocycles. The molecule has 4 heteroatoms. The van der Waals surface area contributed by atoms with Crippen LogP contribution in [-0.2, 0) is 19.1 Å². The Balaban J connectivity index is 1.24. The first-order valence-corrected chi connectivity index (χ1v) is 13.5. The van der Waals surface area contributed by atoms with Gasteiger partial charge in [0.25, 0.3) is 0 Å². The average Bonchev–Trinajstić information content (AvgIpc) is 2.70. The van der Waals surface area contributed by atoms with Gasteiger partial charge >= 0.3 is 11.9 Å². The summed E-state index contributed by atoms with van der Waals surface area (Å²) in [7, 11) is 0. The molecule has 0 aromatic rings. The summed E-state index contributed by atoms with van der Waals surface area (Å²) in [6.07, 6.45) is 12.8. The topological polar surface area (TPSA) is 52.6 Å². The number of hydrogen-bond donors (Lipinski definition) is 0. The van der Waals surface area contributed by atoms with Crippen LogP contribution in [0.5, 0.6) is 0 Å². The van der Waals surface area contributed by atoms with Gasteiger partial charge in [0.2, 0.25) is 0 Å². The Bertz CT molecular complexity index is 783. The van der Waals surface area contributed by atoms with Gasteiger partial charge in [0.1, 0.15) is 11.2 Å². The van der Waals surface area contributed by atoms with Gasteiger partial charge in [-0.2, -0.15) is 0 Å². The van der Waals surface area contributed by atoms with Crippen molar-refractivity contribution < 1.29 is 19.1 Å². The van der Waals surface area contributed by atoms with Gasteiger partial charge in [0, 0.05) is 6.42 Å². The fraction of sp³-hybridized carbons (Fsp3) is 0.929. The predicted molar refractivity (Wildman–Crippen MR) is 122 cm³/mol. The molecule has 0 heterocycles. The third-order valence-electron chi connectivity index (χ3n) is 11.3. The highest BCUT2D eigenvalue weighted by Gasteiger charge is 2.65. The third kappa shape index (κ3) is 3.06. The molecule has 2 unspecified atom stereocenters. The van der Waals surface area contributed by atoms with E-state index in [1.165, 1.54) is 38.5 Å². The molecule has 4 nitrogen and oxygen atoms in total. The lowest BCUT2D eigenvalue weighted by molar-refractivity contribution is -0.238. The van der Waals surface area contributed by atoms with Crippen molar-refractivity contribution in [3.8, 4) is 0 Å². The first kappa shape index (κ1) is 21.5. The van der Waals surface area contributed by atoms with Crippen molar-refractivity contribution in [3.63, 3.8) is 0 Å². The summed E-state index contributed by atoms with van der Waals surface area (Å²) in [5, 5.41) is 0. The van der Waals surface area contributed by atoms with Crippen LogP contribution in [0, 0.1) is 46.3 Å². The Morgan fingerprint density at radius 1 is 0.812 bits per heavy atom. The van der Waals surface area contributed by atoms with Crippen molar-refractivity contribution >= 4 is 11.9 Å². The standard InChI is InChI=1S/C28H42O4/c1-5-25(2,3)23(29)32-28-14-19-7-20(15-28)13-27(12-19,16-28)24(30)31-26(4)21-8-17-6-18(10-21)11-22(26)9-17/h17-22H,5-16H2,1-4H3. The van der Waals surface area contributed by atoms with E-state index >= 15 is 0 Å². The predicted octanol–water partition coefficient (Wildman–Crippen LogP) is 6.06. The van der Waals surface area contributed by atoms with Crippen molar-refractivity contribution in [2.75, 3.05) is 0 Å². The van der Waals surface area contributed by atoms with E-state index in [-0.39, 0.29) is 17.5 Å². The summed E-state index contributed by atoms with van der Waals surface area (Å²) >= 11 is 0. The fourth-order valence-electron chi connectivity index (χ4n) is 9.61. The molecule has 0 saturated heterocycles. The molecule has 0 N–H and O–H groups in total. The lowest BCUT2D eigenvalue weighted by Gasteiger charge is -2.62. The largest absolute Gasteiger partial charge is 0.459 e. The summed E-state index contributed by atoms with van der Waals surface area (Å²) in [5.74, 6) is 3.79. The van der Waals surface area contributed by atoms with E-state index in [9.17, 15) is 9.59 Å². The van der Waals surface area contributed by atoms with Gasteiger partial charge in [-0.1, -0.05) is 6.92 Å². The van der Waals surface area contributed by atoms with Gasteiger partial charge in [-0.15, -0.1) is 0 Å². The number of carbonyl (C=O) groups excluding carboxylic acids is 2. The molecular formula is C28H42O4. The van der Waals surface area contributed by atoms with Crippen molar-refractivity contribution in [1.82, 2.24) is 0 Å². The van der Waals surface area contributed by atoms with Crippen molar-refractivity contribution in [2.24, 2.45) is 46.3 Å². The number of carbonyl (C=O) groups is 2. The molecule has 0 aliphatic heterocycles. The highest BCUT2D eigenvalue weighted by molar-refractivity contribution is 5.79. The number of rotatable bonds is 5. The maximum atomic E-state index is 14.0. The summed E-state index contributed by atoms with van der Waals surface area (Å²) in [5.41, 5.74) is -1.62. The first-order valence-electron chi connectivity index (χ1n) is 13.5. The van der Waals surface area contributed by atoms with Gasteiger partial charge in [-0.25, -0.2) is 0 Å². The van der Waals surface area contributed by atoms with Gasteiger partial charge in [-0.3, -0.25) is 9.59 Å². The second-order valence-electron chi connectivity index (χ2n) is 13.9. The first-order chi connectivity index (χ1) is 15.0. The molecule has 8 fully saturated rings. The third-order valence-corrected chi connectivity index (χ3v) is 11.3. The maximum absolute atomic E-state index is 14.0. The summed E-state index contributed by atoms with van der Waals surface area (Å²) < 4.78 is 13.0. The zero-order valence-corrected chi connectivity index (χ0v) is 20.6. The molecule has 0 spiro atoms. The molecule has 8 rings (SSSR count). The maximum Gasteiger partial charge on any atom is 0.312 e. The lowest BCUT2D eigenvalue weighted by Crippen LogP contribution is -2.63. The molecule has 0 aromatic heterocycles. The molecule has 0 radical (unpaired) electrons. The van der Waals surface area contributed by atoms with Crippen LogP contribution in [0.2, 0.25) is 0 Å². The normalized spacial score (nSPS) is 50.5. The van der Waals surface area contributed by atoms with E-state index in [0.29, 0.717) is 30.1 Å². The van der Waals surface area contributed by atoms with Crippen molar-refractivity contribution in [3.05, 3.63) is 0 Å². The zero-order valence-electron chi connectivity index (χ0n) is 20.6. The fourth-order valence-corrected chi connectivity index (χ4v) is 9.61. The van der Waals surface area contributed by atoms with E-state index in [0.717, 1.165) is 43.9 Å². The Morgan fingerprint density at radius 3 is 1.88 bits per heavy atom. The van der Waals surface area contributed by atoms with Crippen LogP contribution < -0.4 is 0 Å². The molecule has 2 atom stereocenters. The van der Waals surface area contributed by atoms with E-state index in [4.69, 9.17) is 9.47 Å². The van der Waals surface area contributed by atoms with E-state index < -0.39 is 16.4 Å². The van der Waals surface area contributed by atoms with Gasteiger partial charge < -0.3 is 9.47 Å². The second-order valence-corrected chi connectivity index (χ2v) is 13.9. The number of hydrogen-bond acceptors (Lipinski definition) is 4. The van der Waals surface area contributed by atoms with Crippen LogP contribution in [0.25, 0.3) is 0 Å². The Labute approximate surface area is 193 Å². The molecule has 0 aromatic carbocycles. The minimum absolute atomic E-state index is 0.0525. The highest BCUT2D eigenvalue weighted by Crippen LogP contribution is 2.65. The Kier molecular flexibility index (Phi) is 4.53. The summed E-state index contributed by atoms with van der Waals surface area (Å²) in [6.45, 7) is 8.27. The van der Waals surface area contributed by atoms with Crippen LogP contribution >= 0.6 is 0 Å². The van der Waals surface area contributed by atoms with Gasteiger partial charge in [0.05, 0.1) is 10.8 Å². The van der Waals surface area contributed by atoms with Gasteiger partial charge in [-0.05, 0) is 127 Å². The summed E-state index contributed by atoms with van der Waals surface area (Å²) in [4.78, 5) is 27.1. The highest BCUT2D eigenvalue weighted by atomic mass is 16.6. The van der Waals surface area contributed by atoms with Crippen LogP contribution in [0.15, 0.2) is 0 Å². The average molecular weight is 443 g/mol. The smallest absolute Gasteiger partial charge is 0.312 e. The van der Waals surface area contributed by atoms with Gasteiger partial charge in [0.15, 0.2) is 0 Å². The van der Waals surface area contributed by atoms with E-state index in [1.807, 2.05) is 20.8 Å². The summed E-state index contributed by atoms with van der Waals surface area (Å²) in [6, 6.07) is 0. The minimum Gasteiger partial charge on any atom is -0.459 e. The molecule has 8 aliphatic carbocycles. The Hall–Kier alpha value is -1.06. The minimum atomic E-state index is -0.467. The molecule has 8 bridgehead atoms. The molecule has 32 heavy (non-hydrogen) atoms. The van der Waals surface area contributed by atoms with Crippen LogP contribution in [0.3, 0.4) is 0 Å². The Morgan fingerprint density at radius 2 is 1.34 bits per heavy atom. The van der Waals surface area contributed by atoms with Crippen LogP contribution in [-0.4, -0.2) is 23.1 Å². The monoisotopic (exact) mass is 442 g/mol. The molecule has 0 amide bonds. The lowest BCUT2D eigenvalue weighted by atomic mass is 9.47. The zero-order chi connectivity index (χ0) is 22.5. The van der Waals surface area contributed by atoms with E-state index in [1.54, 1.807) is 0 Å². The van der Waals surface area contributed by atoms with Crippen LogP contribution in [0.4, 0.5) is 0 Å². The van der Waals surface area contributed by atoms with Crippen molar-refractivity contribution in [1.29, 1.82) is 0 Å². The molecule has 178 valence electrons. The van der Waals surface area contributed by atoms with E-state index in [2.05, 4.69) is 6.92 Å². The number of esters is 2. The SMILES string of the molecule is CCC(C)(C)C(=O)OC12CC3CC(C1)CC(C(=O)OC1(C)C4CC5CC(C4)CC1C5)(C3)C2. The van der Waals surface area contributed by atoms with Crippen molar-refractivity contribution in [2.45, 2.75) is 116 Å². The molecule has 8 aliphatic rings. The second kappa shape index (κ2) is 6.75. The number of ether oxygens (including phenoxy) is 2. The molecular weight excluding hydrogens is 400 g/mol. The van der Waals surface area contributed by atoms with Crippen LogP contribution in [0.1, 0.15) is 105 Å². The quantitative estimate of drug-likeness (QED) is 0.485.